The lowest BCUT2D eigenvalue weighted by Crippen LogP contribution is -2.01. The van der Waals surface area contributed by atoms with Crippen LogP contribution in [0.1, 0.15) is 29.6 Å². The van der Waals surface area contributed by atoms with Gasteiger partial charge in [0.1, 0.15) is 5.01 Å². The number of halogens is 1. The number of hydrogen-bond donors (Lipinski definition) is 1. The largest absolute Gasteiger partial charge is 0.378 e. The van der Waals surface area contributed by atoms with E-state index < -0.39 is 0 Å². The van der Waals surface area contributed by atoms with Crippen molar-refractivity contribution in [3.63, 3.8) is 0 Å². The standard InChI is InChI=1S/C13H12ClN5S/c14-9-2-1-3-10(6-9)15-7-11-18-19-12(8-4-5-8)16-17-13(19)20-11/h1-3,6,8,15H,4-5,7H2. The Morgan fingerprint density at radius 1 is 1.35 bits per heavy atom. The van der Waals surface area contributed by atoms with Crippen molar-refractivity contribution < 1.29 is 0 Å². The van der Waals surface area contributed by atoms with E-state index in [0.717, 1.165) is 26.5 Å². The normalized spacial score (nSPS) is 14.8. The van der Waals surface area contributed by atoms with Crippen LogP contribution >= 0.6 is 22.9 Å². The van der Waals surface area contributed by atoms with Gasteiger partial charge in [-0.2, -0.15) is 9.61 Å². The number of rotatable bonds is 4. The van der Waals surface area contributed by atoms with Gasteiger partial charge in [-0.25, -0.2) is 0 Å². The number of fused-ring (bicyclic) bond motifs is 1. The van der Waals surface area contributed by atoms with Crippen LogP contribution in [0.4, 0.5) is 5.69 Å². The molecule has 1 aliphatic carbocycles. The molecule has 1 saturated carbocycles. The summed E-state index contributed by atoms with van der Waals surface area (Å²) in [4.78, 5) is 0.870. The summed E-state index contributed by atoms with van der Waals surface area (Å²) >= 11 is 7.53. The predicted octanol–water partition coefficient (Wildman–Crippen LogP) is 3.33. The lowest BCUT2D eigenvalue weighted by Gasteiger charge is -2.03. The summed E-state index contributed by atoms with van der Waals surface area (Å²) in [5, 5.41) is 18.0. The van der Waals surface area contributed by atoms with Gasteiger partial charge in [-0.1, -0.05) is 29.0 Å². The summed E-state index contributed by atoms with van der Waals surface area (Å²) in [6.45, 7) is 0.665. The number of nitrogens with zero attached hydrogens (tertiary/aromatic N) is 4. The second-order valence-electron chi connectivity index (χ2n) is 4.89. The minimum Gasteiger partial charge on any atom is -0.378 e. The predicted molar refractivity (Wildman–Crippen MR) is 79.4 cm³/mol. The maximum absolute atomic E-state index is 5.96. The summed E-state index contributed by atoms with van der Waals surface area (Å²) in [7, 11) is 0. The molecule has 0 atom stereocenters. The van der Waals surface area contributed by atoms with Gasteiger partial charge >= 0.3 is 0 Å². The van der Waals surface area contributed by atoms with E-state index in [1.54, 1.807) is 11.3 Å². The Balaban J connectivity index is 1.54. The Bertz CT molecular complexity index is 761. The minimum atomic E-state index is 0.556. The van der Waals surface area contributed by atoms with Crippen molar-refractivity contribution in [3.05, 3.63) is 40.1 Å². The SMILES string of the molecule is Clc1cccc(NCc2nn3c(C4CC4)nnc3s2)c1. The van der Waals surface area contributed by atoms with E-state index in [-0.39, 0.29) is 0 Å². The minimum absolute atomic E-state index is 0.556. The molecule has 4 rings (SSSR count). The average molecular weight is 306 g/mol. The highest BCUT2D eigenvalue weighted by molar-refractivity contribution is 7.16. The second kappa shape index (κ2) is 4.71. The van der Waals surface area contributed by atoms with E-state index in [4.69, 9.17) is 11.6 Å². The number of nitrogens with one attached hydrogen (secondary N) is 1. The summed E-state index contributed by atoms with van der Waals surface area (Å²) in [6.07, 6.45) is 2.41. The van der Waals surface area contributed by atoms with E-state index in [0.29, 0.717) is 12.5 Å². The molecule has 102 valence electrons. The molecule has 2 aromatic heterocycles. The van der Waals surface area contributed by atoms with Crippen molar-refractivity contribution >= 4 is 33.6 Å². The van der Waals surface area contributed by atoms with Crippen LogP contribution in [0.25, 0.3) is 4.96 Å². The molecule has 0 saturated heterocycles. The molecular weight excluding hydrogens is 294 g/mol. The molecule has 0 amide bonds. The summed E-state index contributed by atoms with van der Waals surface area (Å²) in [6, 6.07) is 7.67. The van der Waals surface area contributed by atoms with Gasteiger partial charge in [0, 0.05) is 16.6 Å². The van der Waals surface area contributed by atoms with E-state index in [2.05, 4.69) is 20.6 Å². The molecule has 3 aromatic rings. The first-order chi connectivity index (χ1) is 9.79. The van der Waals surface area contributed by atoms with Gasteiger partial charge < -0.3 is 5.32 Å². The molecule has 5 nitrogen and oxygen atoms in total. The van der Waals surface area contributed by atoms with Crippen LogP contribution in [0.15, 0.2) is 24.3 Å². The Kier molecular flexibility index (Phi) is 2.85. The third-order valence-corrected chi connectivity index (χ3v) is 4.40. The first kappa shape index (κ1) is 12.1. The molecule has 0 bridgehead atoms. The van der Waals surface area contributed by atoms with Gasteiger partial charge in [-0.05, 0) is 31.0 Å². The highest BCUT2D eigenvalue weighted by Gasteiger charge is 2.29. The zero-order valence-corrected chi connectivity index (χ0v) is 12.2. The molecule has 0 spiro atoms. The first-order valence-corrected chi connectivity index (χ1v) is 7.69. The zero-order chi connectivity index (χ0) is 13.5. The molecule has 0 unspecified atom stereocenters. The third kappa shape index (κ3) is 2.25. The summed E-state index contributed by atoms with van der Waals surface area (Å²) in [5.41, 5.74) is 0.992. The van der Waals surface area contributed by atoms with Crippen LogP contribution in [-0.2, 0) is 6.54 Å². The number of hydrogen-bond acceptors (Lipinski definition) is 5. The molecule has 1 aromatic carbocycles. The average Bonchev–Trinajstić information content (AvgIpc) is 3.07. The van der Waals surface area contributed by atoms with Crippen molar-refractivity contribution in [2.75, 3.05) is 5.32 Å². The van der Waals surface area contributed by atoms with Crippen LogP contribution in [0.3, 0.4) is 0 Å². The molecule has 0 radical (unpaired) electrons. The van der Waals surface area contributed by atoms with Crippen LogP contribution in [0.2, 0.25) is 5.02 Å². The van der Waals surface area contributed by atoms with Crippen LogP contribution in [0, 0.1) is 0 Å². The van der Waals surface area contributed by atoms with Gasteiger partial charge in [0.15, 0.2) is 5.82 Å². The first-order valence-electron chi connectivity index (χ1n) is 6.50. The summed E-state index contributed by atoms with van der Waals surface area (Å²) in [5.74, 6) is 1.56. The molecule has 1 fully saturated rings. The van der Waals surface area contributed by atoms with Gasteiger partial charge in [0.25, 0.3) is 0 Å². The highest BCUT2D eigenvalue weighted by Crippen LogP contribution is 2.39. The van der Waals surface area contributed by atoms with E-state index in [1.165, 1.54) is 12.8 Å². The maximum Gasteiger partial charge on any atom is 0.234 e. The van der Waals surface area contributed by atoms with Gasteiger partial charge in [-0.3, -0.25) is 0 Å². The topological polar surface area (TPSA) is 55.1 Å². The molecule has 1 N–H and O–H groups in total. The number of benzene rings is 1. The van der Waals surface area contributed by atoms with E-state index >= 15 is 0 Å². The van der Waals surface area contributed by atoms with Gasteiger partial charge in [-0.15, -0.1) is 10.2 Å². The Morgan fingerprint density at radius 3 is 3.05 bits per heavy atom. The van der Waals surface area contributed by atoms with Crippen LogP contribution < -0.4 is 5.32 Å². The van der Waals surface area contributed by atoms with E-state index in [1.807, 2.05) is 28.8 Å². The Labute approximate surface area is 124 Å². The van der Waals surface area contributed by atoms with Gasteiger partial charge in [0.05, 0.1) is 6.54 Å². The van der Waals surface area contributed by atoms with Crippen LogP contribution in [-0.4, -0.2) is 19.8 Å². The van der Waals surface area contributed by atoms with Crippen molar-refractivity contribution in [3.8, 4) is 0 Å². The number of aromatic nitrogens is 4. The van der Waals surface area contributed by atoms with Crippen molar-refractivity contribution in [2.45, 2.75) is 25.3 Å². The molecule has 7 heteroatoms. The fourth-order valence-corrected chi connectivity index (χ4v) is 3.09. The summed E-state index contributed by atoms with van der Waals surface area (Å²) < 4.78 is 1.89. The number of anilines is 1. The van der Waals surface area contributed by atoms with Crippen molar-refractivity contribution in [1.29, 1.82) is 0 Å². The fourth-order valence-electron chi connectivity index (χ4n) is 2.12. The second-order valence-corrected chi connectivity index (χ2v) is 6.36. The third-order valence-electron chi connectivity index (χ3n) is 3.27. The Hall–Kier alpha value is -1.66. The fraction of sp³-hybridized carbons (Fsp3) is 0.308. The zero-order valence-electron chi connectivity index (χ0n) is 10.6. The monoisotopic (exact) mass is 305 g/mol. The lowest BCUT2D eigenvalue weighted by molar-refractivity contribution is 0.807. The quantitative estimate of drug-likeness (QED) is 0.803. The van der Waals surface area contributed by atoms with Crippen molar-refractivity contribution in [1.82, 2.24) is 19.8 Å². The Morgan fingerprint density at radius 2 is 2.25 bits per heavy atom. The molecule has 1 aliphatic rings. The highest BCUT2D eigenvalue weighted by atomic mass is 35.5. The molecule has 2 heterocycles. The molecule has 20 heavy (non-hydrogen) atoms. The van der Waals surface area contributed by atoms with E-state index in [9.17, 15) is 0 Å². The lowest BCUT2D eigenvalue weighted by atomic mass is 10.3. The molecule has 0 aliphatic heterocycles. The van der Waals surface area contributed by atoms with Crippen LogP contribution in [0.5, 0.6) is 0 Å². The van der Waals surface area contributed by atoms with Crippen molar-refractivity contribution in [2.24, 2.45) is 0 Å². The van der Waals surface area contributed by atoms with Gasteiger partial charge in [0.2, 0.25) is 4.96 Å². The smallest absolute Gasteiger partial charge is 0.234 e. The maximum atomic E-state index is 5.96. The molecular formula is C13H12ClN5S.